The minimum atomic E-state index is -0.500. The van der Waals surface area contributed by atoms with Crippen LogP contribution in [0.4, 0.5) is 10.1 Å². The Morgan fingerprint density at radius 3 is 3.08 bits per heavy atom. The highest BCUT2D eigenvalue weighted by atomic mass is 32.1. The molecule has 0 aliphatic carbocycles. The molecule has 3 rings (SSSR count). The molecule has 0 spiro atoms. The normalized spacial score (nSPS) is 11.1. The molecule has 1 amide bonds. The van der Waals surface area contributed by atoms with Crippen LogP contribution in [0.15, 0.2) is 54.1 Å². The zero-order valence-corrected chi connectivity index (χ0v) is 14.5. The van der Waals surface area contributed by atoms with Gasteiger partial charge in [0.1, 0.15) is 6.61 Å². The van der Waals surface area contributed by atoms with Crippen LogP contribution in [-0.4, -0.2) is 17.5 Å². The van der Waals surface area contributed by atoms with E-state index in [9.17, 15) is 9.18 Å². The number of nitrogens with zero attached hydrogens (tertiary/aromatic N) is 1. The summed E-state index contributed by atoms with van der Waals surface area (Å²) in [6.45, 7) is 2.15. The molecule has 0 radical (unpaired) electrons. The monoisotopic (exact) mass is 356 g/mol. The molecule has 6 heteroatoms. The topological polar surface area (TPSA) is 51.2 Å². The Hall–Kier alpha value is -2.73. The first-order valence-electron chi connectivity index (χ1n) is 7.82. The van der Waals surface area contributed by atoms with Crippen LogP contribution >= 0.6 is 11.3 Å². The van der Waals surface area contributed by atoms with Crippen LogP contribution in [0.3, 0.4) is 0 Å². The van der Waals surface area contributed by atoms with Gasteiger partial charge in [-0.3, -0.25) is 4.79 Å². The Morgan fingerprint density at radius 2 is 2.24 bits per heavy atom. The molecular weight excluding hydrogens is 339 g/mol. The molecule has 0 saturated carbocycles. The summed E-state index contributed by atoms with van der Waals surface area (Å²) in [5.41, 5.74) is 3.61. The Bertz CT molecular complexity index is 921. The molecule has 0 aliphatic heterocycles. The summed E-state index contributed by atoms with van der Waals surface area (Å²) in [6, 6.07) is 10.3. The van der Waals surface area contributed by atoms with Crippen molar-refractivity contribution in [3.05, 3.63) is 65.4 Å². The summed E-state index contributed by atoms with van der Waals surface area (Å²) in [7, 11) is 0. The molecular formula is C19H17FN2O2S. The second-order valence-electron chi connectivity index (χ2n) is 5.37. The van der Waals surface area contributed by atoms with Crippen molar-refractivity contribution in [3.8, 4) is 5.75 Å². The third-order valence-electron chi connectivity index (χ3n) is 3.58. The standard InChI is InChI=1S/C19H17FN2O2S/c1-2-3-9-24-16-6-4-5-13(19(16)20)10-18(23)22-14-7-8-15-17(11-14)25-12-21-15/h2-8,11-12H,9-10H2,1H3,(H,22,23). The number of halogens is 1. The maximum absolute atomic E-state index is 14.4. The molecule has 0 bridgehead atoms. The number of rotatable bonds is 6. The number of allylic oxidation sites excluding steroid dienone is 1. The van der Waals surface area contributed by atoms with E-state index < -0.39 is 5.82 Å². The molecule has 0 fully saturated rings. The molecule has 4 nitrogen and oxygen atoms in total. The Kier molecular flexibility index (Phi) is 5.40. The van der Waals surface area contributed by atoms with Crippen molar-refractivity contribution < 1.29 is 13.9 Å². The number of aromatic nitrogens is 1. The smallest absolute Gasteiger partial charge is 0.228 e. The van der Waals surface area contributed by atoms with Gasteiger partial charge in [-0.1, -0.05) is 24.3 Å². The number of thiazole rings is 1. The van der Waals surface area contributed by atoms with Crippen molar-refractivity contribution in [3.63, 3.8) is 0 Å². The van der Waals surface area contributed by atoms with E-state index >= 15 is 0 Å². The molecule has 25 heavy (non-hydrogen) atoms. The number of anilines is 1. The summed E-state index contributed by atoms with van der Waals surface area (Å²) in [6.07, 6.45) is 3.55. The number of carbonyl (C=O) groups is 1. The number of amides is 1. The Morgan fingerprint density at radius 1 is 1.36 bits per heavy atom. The Balaban J connectivity index is 1.68. The molecule has 1 N–H and O–H groups in total. The molecule has 1 heterocycles. The maximum atomic E-state index is 14.4. The second kappa shape index (κ2) is 7.90. The lowest BCUT2D eigenvalue weighted by Gasteiger charge is -2.09. The van der Waals surface area contributed by atoms with Gasteiger partial charge in [-0.15, -0.1) is 11.3 Å². The number of hydrogen-bond donors (Lipinski definition) is 1. The van der Waals surface area contributed by atoms with Crippen molar-refractivity contribution in [2.45, 2.75) is 13.3 Å². The fourth-order valence-electron chi connectivity index (χ4n) is 2.35. The van der Waals surface area contributed by atoms with Gasteiger partial charge in [-0.2, -0.15) is 0 Å². The highest BCUT2D eigenvalue weighted by Gasteiger charge is 2.13. The molecule has 0 saturated heterocycles. The highest BCUT2D eigenvalue weighted by Crippen LogP contribution is 2.23. The van der Waals surface area contributed by atoms with Crippen molar-refractivity contribution in [1.82, 2.24) is 4.98 Å². The van der Waals surface area contributed by atoms with Gasteiger partial charge in [0.25, 0.3) is 0 Å². The lowest BCUT2D eigenvalue weighted by atomic mass is 10.1. The van der Waals surface area contributed by atoms with E-state index in [1.165, 1.54) is 11.3 Å². The summed E-state index contributed by atoms with van der Waals surface area (Å²) in [5.74, 6) is -0.636. The van der Waals surface area contributed by atoms with Crippen LogP contribution in [-0.2, 0) is 11.2 Å². The van der Waals surface area contributed by atoms with Crippen molar-refractivity contribution in [2.24, 2.45) is 0 Å². The first kappa shape index (κ1) is 17.1. The summed E-state index contributed by atoms with van der Waals surface area (Å²) in [5, 5.41) is 2.79. The predicted octanol–water partition coefficient (Wildman–Crippen LogP) is 4.57. The number of carbonyl (C=O) groups excluding carboxylic acids is 1. The molecule has 1 aromatic heterocycles. The number of benzene rings is 2. The number of fused-ring (bicyclic) bond motifs is 1. The minimum absolute atomic E-state index is 0.0621. The van der Waals surface area contributed by atoms with Gasteiger partial charge in [0.05, 0.1) is 22.1 Å². The first-order chi connectivity index (χ1) is 12.2. The van der Waals surface area contributed by atoms with Gasteiger partial charge in [-0.05, 0) is 31.2 Å². The van der Waals surface area contributed by atoms with E-state index in [0.29, 0.717) is 11.3 Å². The minimum Gasteiger partial charge on any atom is -0.486 e. The molecule has 0 atom stereocenters. The van der Waals surface area contributed by atoms with E-state index in [1.54, 1.807) is 35.9 Å². The van der Waals surface area contributed by atoms with Gasteiger partial charge in [0.2, 0.25) is 5.91 Å². The summed E-state index contributed by atoms with van der Waals surface area (Å²) in [4.78, 5) is 16.4. The third-order valence-corrected chi connectivity index (χ3v) is 4.37. The fraction of sp³-hybridized carbons (Fsp3) is 0.158. The fourth-order valence-corrected chi connectivity index (χ4v) is 3.07. The second-order valence-corrected chi connectivity index (χ2v) is 6.26. The van der Waals surface area contributed by atoms with E-state index in [1.807, 2.05) is 25.1 Å². The van der Waals surface area contributed by atoms with Crippen LogP contribution in [0.25, 0.3) is 10.2 Å². The molecule has 0 aliphatic rings. The quantitative estimate of drug-likeness (QED) is 0.658. The van der Waals surface area contributed by atoms with Gasteiger partial charge >= 0.3 is 0 Å². The van der Waals surface area contributed by atoms with Gasteiger partial charge in [-0.25, -0.2) is 9.37 Å². The third kappa shape index (κ3) is 4.22. The van der Waals surface area contributed by atoms with Crippen LogP contribution in [0.2, 0.25) is 0 Å². The van der Waals surface area contributed by atoms with Crippen LogP contribution in [0.1, 0.15) is 12.5 Å². The zero-order valence-electron chi connectivity index (χ0n) is 13.7. The van der Waals surface area contributed by atoms with E-state index in [2.05, 4.69) is 10.3 Å². The SMILES string of the molecule is CC=CCOc1cccc(CC(=O)Nc2ccc3ncsc3c2)c1F. The van der Waals surface area contributed by atoms with Gasteiger partial charge in [0.15, 0.2) is 11.6 Å². The summed E-state index contributed by atoms with van der Waals surface area (Å²) >= 11 is 1.50. The van der Waals surface area contributed by atoms with Crippen LogP contribution in [0.5, 0.6) is 5.75 Å². The van der Waals surface area contributed by atoms with E-state index in [0.717, 1.165) is 10.2 Å². The van der Waals surface area contributed by atoms with Crippen LogP contribution < -0.4 is 10.1 Å². The number of hydrogen-bond acceptors (Lipinski definition) is 4. The zero-order chi connectivity index (χ0) is 17.6. The van der Waals surface area contributed by atoms with Crippen molar-refractivity contribution in [1.29, 1.82) is 0 Å². The van der Waals surface area contributed by atoms with E-state index in [4.69, 9.17) is 4.74 Å². The molecule has 3 aromatic rings. The Labute approximate surface area is 149 Å². The van der Waals surface area contributed by atoms with Crippen LogP contribution in [0, 0.1) is 5.82 Å². The number of ether oxygens (including phenoxy) is 1. The lowest BCUT2D eigenvalue weighted by Crippen LogP contribution is -2.15. The highest BCUT2D eigenvalue weighted by molar-refractivity contribution is 7.16. The number of nitrogens with one attached hydrogen (secondary N) is 1. The molecule has 2 aromatic carbocycles. The van der Waals surface area contributed by atoms with Gasteiger partial charge in [0, 0.05) is 11.3 Å². The molecule has 128 valence electrons. The predicted molar refractivity (Wildman–Crippen MR) is 98.7 cm³/mol. The average Bonchev–Trinajstić information content (AvgIpc) is 3.06. The molecule has 0 unspecified atom stereocenters. The largest absolute Gasteiger partial charge is 0.486 e. The summed E-state index contributed by atoms with van der Waals surface area (Å²) < 4.78 is 20.8. The van der Waals surface area contributed by atoms with Crippen molar-refractivity contribution in [2.75, 3.05) is 11.9 Å². The average molecular weight is 356 g/mol. The van der Waals surface area contributed by atoms with Crippen molar-refractivity contribution >= 4 is 33.1 Å². The first-order valence-corrected chi connectivity index (χ1v) is 8.70. The lowest BCUT2D eigenvalue weighted by molar-refractivity contribution is -0.115. The van der Waals surface area contributed by atoms with Gasteiger partial charge < -0.3 is 10.1 Å². The maximum Gasteiger partial charge on any atom is 0.228 e. The van der Waals surface area contributed by atoms with E-state index in [-0.39, 0.29) is 24.7 Å².